The van der Waals surface area contributed by atoms with Crippen LogP contribution in [0.1, 0.15) is 11.1 Å². The number of rotatable bonds is 7. The minimum atomic E-state index is -0.520. The first-order valence-corrected chi connectivity index (χ1v) is 10.4. The normalized spacial score (nSPS) is 10.9. The molecule has 0 bridgehead atoms. The van der Waals surface area contributed by atoms with Crippen LogP contribution in [0.4, 0.5) is 11.4 Å². The smallest absolute Gasteiger partial charge is 0.269 e. The van der Waals surface area contributed by atoms with Gasteiger partial charge in [-0.05, 0) is 65.7 Å². The van der Waals surface area contributed by atoms with Gasteiger partial charge >= 0.3 is 0 Å². The molecule has 1 N–H and O–H groups in total. The molecule has 1 amide bonds. The second kappa shape index (κ2) is 10.8. The van der Waals surface area contributed by atoms with Crippen LogP contribution in [-0.2, 0) is 4.79 Å². The van der Waals surface area contributed by atoms with Crippen LogP contribution >= 0.6 is 34.8 Å². The average molecular weight is 503 g/mol. The van der Waals surface area contributed by atoms with Crippen LogP contribution in [0, 0.1) is 21.4 Å². The molecule has 3 aromatic rings. The van der Waals surface area contributed by atoms with E-state index in [-0.39, 0.29) is 33.7 Å². The third kappa shape index (κ3) is 6.46. The first kappa shape index (κ1) is 24.1. The second-order valence-electron chi connectivity index (χ2n) is 6.63. The molecular formula is C23H14Cl3N3O4. The molecule has 0 heterocycles. The minimum Gasteiger partial charge on any atom is -0.481 e. The number of nitro benzene ring substituents is 1. The zero-order valence-corrected chi connectivity index (χ0v) is 19.0. The Hall–Kier alpha value is -3.57. The van der Waals surface area contributed by atoms with Gasteiger partial charge in [0.15, 0.2) is 12.4 Å². The van der Waals surface area contributed by atoms with Gasteiger partial charge in [-0.1, -0.05) is 34.8 Å². The van der Waals surface area contributed by atoms with Crippen molar-refractivity contribution in [3.63, 3.8) is 0 Å². The van der Waals surface area contributed by atoms with Crippen molar-refractivity contribution in [1.29, 1.82) is 5.26 Å². The number of nitrogens with one attached hydrogen (secondary N) is 1. The van der Waals surface area contributed by atoms with E-state index >= 15 is 0 Å². The van der Waals surface area contributed by atoms with E-state index in [4.69, 9.17) is 39.5 Å². The fourth-order valence-electron chi connectivity index (χ4n) is 2.78. The molecule has 3 aromatic carbocycles. The summed E-state index contributed by atoms with van der Waals surface area (Å²) in [7, 11) is 0. The predicted molar refractivity (Wildman–Crippen MR) is 129 cm³/mol. The van der Waals surface area contributed by atoms with Crippen LogP contribution in [0.25, 0.3) is 11.6 Å². The molecule has 3 rings (SSSR count). The molecule has 0 saturated carbocycles. The van der Waals surface area contributed by atoms with Crippen molar-refractivity contribution in [2.24, 2.45) is 0 Å². The van der Waals surface area contributed by atoms with Gasteiger partial charge in [-0.3, -0.25) is 14.9 Å². The minimum absolute atomic E-state index is 0.0799. The summed E-state index contributed by atoms with van der Waals surface area (Å²) < 4.78 is 5.48. The number of benzene rings is 3. The summed E-state index contributed by atoms with van der Waals surface area (Å²) in [4.78, 5) is 22.4. The van der Waals surface area contributed by atoms with Gasteiger partial charge in [0, 0.05) is 22.8 Å². The van der Waals surface area contributed by atoms with E-state index in [0.29, 0.717) is 21.8 Å². The molecule has 7 nitrogen and oxygen atoms in total. The number of ether oxygens (including phenoxy) is 1. The van der Waals surface area contributed by atoms with Crippen molar-refractivity contribution in [2.75, 3.05) is 11.9 Å². The molecule has 0 unspecified atom stereocenters. The maximum absolute atomic E-state index is 12.1. The van der Waals surface area contributed by atoms with Crippen LogP contribution in [0.2, 0.25) is 15.1 Å². The van der Waals surface area contributed by atoms with E-state index in [2.05, 4.69) is 5.32 Å². The number of nitrogens with zero attached hydrogens (tertiary/aromatic N) is 2. The van der Waals surface area contributed by atoms with Crippen LogP contribution in [0.5, 0.6) is 5.75 Å². The molecule has 33 heavy (non-hydrogen) atoms. The van der Waals surface area contributed by atoms with Gasteiger partial charge in [0.1, 0.15) is 0 Å². The standard InChI is InChI=1S/C23H14Cl3N3O4/c24-17-3-5-18(6-4-17)28-22(30)13-33-23-20(25)10-14(11-21(23)26)9-16(12-27)15-1-7-19(8-2-15)29(31)32/h1-11H,13H2,(H,28,30)/b16-9+. The number of carbonyl (C=O) groups is 1. The highest BCUT2D eigenvalue weighted by atomic mass is 35.5. The molecule has 0 aromatic heterocycles. The number of carbonyl (C=O) groups excluding carboxylic acids is 1. The Balaban J connectivity index is 1.73. The largest absolute Gasteiger partial charge is 0.481 e. The van der Waals surface area contributed by atoms with Crippen LogP contribution < -0.4 is 10.1 Å². The number of anilines is 1. The van der Waals surface area contributed by atoms with Crippen LogP contribution in [0.15, 0.2) is 60.7 Å². The van der Waals surface area contributed by atoms with E-state index in [9.17, 15) is 20.2 Å². The molecule has 0 aliphatic carbocycles. The topological polar surface area (TPSA) is 105 Å². The maximum atomic E-state index is 12.1. The Morgan fingerprint density at radius 1 is 1.06 bits per heavy atom. The van der Waals surface area contributed by atoms with Crippen LogP contribution in [0.3, 0.4) is 0 Å². The maximum Gasteiger partial charge on any atom is 0.269 e. The number of allylic oxidation sites excluding steroid dienone is 1. The van der Waals surface area contributed by atoms with Crippen molar-refractivity contribution in [1.82, 2.24) is 0 Å². The lowest BCUT2D eigenvalue weighted by atomic mass is 10.0. The molecule has 0 spiro atoms. The van der Waals surface area contributed by atoms with Gasteiger partial charge in [0.25, 0.3) is 11.6 Å². The van der Waals surface area contributed by atoms with Crippen LogP contribution in [-0.4, -0.2) is 17.4 Å². The Kier molecular flexibility index (Phi) is 7.91. The molecule has 0 aliphatic rings. The second-order valence-corrected chi connectivity index (χ2v) is 7.88. The van der Waals surface area contributed by atoms with Gasteiger partial charge in [0.2, 0.25) is 0 Å². The van der Waals surface area contributed by atoms with Gasteiger partial charge < -0.3 is 10.1 Å². The first-order valence-electron chi connectivity index (χ1n) is 9.30. The number of hydrogen-bond donors (Lipinski definition) is 1. The number of nitro groups is 1. The van der Waals surface area contributed by atoms with E-state index in [1.807, 2.05) is 6.07 Å². The van der Waals surface area contributed by atoms with E-state index in [1.54, 1.807) is 24.3 Å². The molecule has 0 atom stereocenters. The fourth-order valence-corrected chi connectivity index (χ4v) is 3.52. The lowest BCUT2D eigenvalue weighted by molar-refractivity contribution is -0.384. The van der Waals surface area contributed by atoms with E-state index < -0.39 is 10.8 Å². The first-order chi connectivity index (χ1) is 15.8. The molecular weight excluding hydrogens is 489 g/mol. The Morgan fingerprint density at radius 3 is 2.21 bits per heavy atom. The van der Waals surface area contributed by atoms with E-state index in [0.717, 1.165) is 0 Å². The summed E-state index contributed by atoms with van der Waals surface area (Å²) in [5.74, 6) is -0.297. The van der Waals surface area contributed by atoms with Gasteiger partial charge in [-0.25, -0.2) is 0 Å². The highest BCUT2D eigenvalue weighted by Gasteiger charge is 2.13. The van der Waals surface area contributed by atoms with Gasteiger partial charge in [-0.2, -0.15) is 5.26 Å². The molecule has 0 aliphatic heterocycles. The zero-order chi connectivity index (χ0) is 24.0. The predicted octanol–water partition coefficient (Wildman–Crippen LogP) is 6.64. The summed E-state index contributed by atoms with van der Waals surface area (Å²) in [6.45, 7) is -0.330. The summed E-state index contributed by atoms with van der Waals surface area (Å²) in [5, 5.41) is 23.8. The number of nitriles is 1. The lowest BCUT2D eigenvalue weighted by Crippen LogP contribution is -2.20. The monoisotopic (exact) mass is 501 g/mol. The summed E-state index contributed by atoms with van der Waals surface area (Å²) in [5.41, 5.74) is 1.74. The van der Waals surface area contributed by atoms with Crippen molar-refractivity contribution >= 4 is 63.7 Å². The van der Waals surface area contributed by atoms with Crippen molar-refractivity contribution in [3.8, 4) is 11.8 Å². The number of non-ortho nitro benzene ring substituents is 1. The summed E-state index contributed by atoms with van der Waals surface area (Å²) in [6, 6.07) is 17.3. The SMILES string of the molecule is N#C/C(=C\c1cc(Cl)c(OCC(=O)Nc2ccc(Cl)cc2)c(Cl)c1)c1ccc([N+](=O)[O-])cc1. The number of amides is 1. The quantitative estimate of drug-likeness (QED) is 0.169. The van der Waals surface area contributed by atoms with Crippen molar-refractivity contribution < 1.29 is 14.5 Å². The molecule has 0 saturated heterocycles. The lowest BCUT2D eigenvalue weighted by Gasteiger charge is -2.11. The van der Waals surface area contributed by atoms with Gasteiger partial charge in [0.05, 0.1) is 26.6 Å². The average Bonchev–Trinajstić information content (AvgIpc) is 2.78. The molecule has 0 fully saturated rings. The third-order valence-corrected chi connectivity index (χ3v) is 5.13. The summed E-state index contributed by atoms with van der Waals surface area (Å²) in [6.07, 6.45) is 1.54. The molecule has 166 valence electrons. The fraction of sp³-hybridized carbons (Fsp3) is 0.0435. The Labute approximate surface area is 203 Å². The van der Waals surface area contributed by atoms with Gasteiger partial charge in [-0.15, -0.1) is 0 Å². The highest BCUT2D eigenvalue weighted by Crippen LogP contribution is 2.35. The van der Waals surface area contributed by atoms with Crippen molar-refractivity contribution in [3.05, 3.63) is 97.0 Å². The summed E-state index contributed by atoms with van der Waals surface area (Å²) >= 11 is 18.4. The highest BCUT2D eigenvalue weighted by molar-refractivity contribution is 6.37. The van der Waals surface area contributed by atoms with E-state index in [1.165, 1.54) is 42.5 Å². The molecule has 0 radical (unpaired) electrons. The zero-order valence-electron chi connectivity index (χ0n) is 16.7. The Morgan fingerprint density at radius 2 is 1.67 bits per heavy atom. The molecule has 10 heteroatoms. The Bertz CT molecular complexity index is 1240. The third-order valence-electron chi connectivity index (χ3n) is 4.32. The van der Waals surface area contributed by atoms with Crippen molar-refractivity contribution in [2.45, 2.75) is 0 Å². The number of hydrogen-bond acceptors (Lipinski definition) is 5. The number of halogens is 3.